The van der Waals surface area contributed by atoms with Crippen molar-refractivity contribution in [1.82, 2.24) is 10.3 Å². The monoisotopic (exact) mass is 301 g/mol. The van der Waals surface area contributed by atoms with Crippen molar-refractivity contribution in [2.75, 3.05) is 6.61 Å². The number of aromatic nitrogens is 1. The molecule has 1 N–H and O–H groups in total. The summed E-state index contributed by atoms with van der Waals surface area (Å²) >= 11 is 5.59. The molecule has 8 nitrogen and oxygen atoms in total. The Kier molecular flexibility index (Phi) is 5.39. The normalized spacial score (nSPS) is 11.6. The lowest BCUT2D eigenvalue weighted by atomic mass is 10.2. The van der Waals surface area contributed by atoms with Crippen molar-refractivity contribution >= 4 is 29.2 Å². The summed E-state index contributed by atoms with van der Waals surface area (Å²) in [6.45, 7) is 3.20. The number of hydrogen-bond acceptors (Lipinski definition) is 6. The molecule has 1 unspecified atom stereocenters. The molecule has 0 spiro atoms. The molecule has 0 aliphatic carbocycles. The molecular weight excluding hydrogens is 290 g/mol. The molecule has 0 saturated heterocycles. The van der Waals surface area contributed by atoms with Gasteiger partial charge in [0, 0.05) is 6.20 Å². The number of carbonyl (C=O) groups excluding carboxylic acids is 2. The van der Waals surface area contributed by atoms with E-state index in [0.29, 0.717) is 0 Å². The zero-order valence-corrected chi connectivity index (χ0v) is 11.5. The third kappa shape index (κ3) is 3.64. The number of amides is 1. The van der Waals surface area contributed by atoms with Gasteiger partial charge in [-0.15, -0.1) is 0 Å². The smallest absolute Gasteiger partial charge is 0.328 e. The minimum Gasteiger partial charge on any atom is -0.464 e. The molecule has 0 aliphatic heterocycles. The molecule has 20 heavy (non-hydrogen) atoms. The number of nitrogens with zero attached hydrogens (tertiary/aromatic N) is 2. The molecule has 0 aliphatic rings. The van der Waals surface area contributed by atoms with E-state index in [-0.39, 0.29) is 12.2 Å². The van der Waals surface area contributed by atoms with Crippen LogP contribution >= 0.6 is 11.6 Å². The molecule has 108 valence electrons. The first-order valence-electron chi connectivity index (χ1n) is 5.64. The van der Waals surface area contributed by atoms with Gasteiger partial charge in [-0.25, -0.2) is 9.78 Å². The van der Waals surface area contributed by atoms with Crippen LogP contribution in [0, 0.1) is 10.1 Å². The number of nitrogens with one attached hydrogen (secondary N) is 1. The van der Waals surface area contributed by atoms with E-state index in [9.17, 15) is 19.7 Å². The van der Waals surface area contributed by atoms with Gasteiger partial charge in [0.1, 0.15) is 11.6 Å². The number of nitro groups is 1. The number of esters is 1. The quantitative estimate of drug-likeness (QED) is 0.380. The van der Waals surface area contributed by atoms with E-state index in [4.69, 9.17) is 16.3 Å². The fraction of sp³-hybridized carbons (Fsp3) is 0.364. The van der Waals surface area contributed by atoms with Gasteiger partial charge in [0.25, 0.3) is 5.91 Å². The van der Waals surface area contributed by atoms with Gasteiger partial charge in [-0.3, -0.25) is 14.9 Å². The van der Waals surface area contributed by atoms with E-state index in [2.05, 4.69) is 10.3 Å². The molecule has 1 aromatic heterocycles. The molecule has 0 fully saturated rings. The van der Waals surface area contributed by atoms with Crippen LogP contribution in [0.15, 0.2) is 12.3 Å². The van der Waals surface area contributed by atoms with Crippen molar-refractivity contribution < 1.29 is 19.2 Å². The Hall–Kier alpha value is -2.22. The Labute approximate surface area is 119 Å². The Morgan fingerprint density at radius 3 is 2.80 bits per heavy atom. The molecule has 1 rings (SSSR count). The fourth-order valence-electron chi connectivity index (χ4n) is 1.39. The summed E-state index contributed by atoms with van der Waals surface area (Å²) in [5, 5.41) is 12.8. The van der Waals surface area contributed by atoms with Crippen molar-refractivity contribution in [2.24, 2.45) is 0 Å². The van der Waals surface area contributed by atoms with Crippen LogP contribution in [0.2, 0.25) is 5.15 Å². The van der Waals surface area contributed by atoms with Gasteiger partial charge in [0.05, 0.1) is 11.5 Å². The highest BCUT2D eigenvalue weighted by Crippen LogP contribution is 2.25. The minimum absolute atomic E-state index is 0.167. The molecule has 1 atom stereocenters. The van der Waals surface area contributed by atoms with Crippen LogP contribution in [0.3, 0.4) is 0 Å². The van der Waals surface area contributed by atoms with E-state index < -0.39 is 33.7 Å². The predicted octanol–water partition coefficient (Wildman–Crippen LogP) is 1.32. The van der Waals surface area contributed by atoms with Gasteiger partial charge < -0.3 is 10.1 Å². The van der Waals surface area contributed by atoms with Crippen molar-refractivity contribution in [1.29, 1.82) is 0 Å². The van der Waals surface area contributed by atoms with Crippen LogP contribution in [-0.2, 0) is 9.53 Å². The van der Waals surface area contributed by atoms with E-state index in [0.717, 1.165) is 6.07 Å². The highest BCUT2D eigenvalue weighted by Gasteiger charge is 2.27. The first kappa shape index (κ1) is 15.8. The van der Waals surface area contributed by atoms with Crippen LogP contribution < -0.4 is 5.32 Å². The van der Waals surface area contributed by atoms with Crippen LogP contribution in [0.25, 0.3) is 0 Å². The molecule has 1 amide bonds. The molecule has 0 aromatic carbocycles. The number of rotatable bonds is 5. The first-order valence-corrected chi connectivity index (χ1v) is 6.02. The molecule has 1 heterocycles. The largest absolute Gasteiger partial charge is 0.464 e. The first-order chi connectivity index (χ1) is 9.38. The van der Waals surface area contributed by atoms with Gasteiger partial charge in [-0.1, -0.05) is 11.6 Å². The Bertz CT molecular complexity index is 549. The van der Waals surface area contributed by atoms with E-state index >= 15 is 0 Å². The second kappa shape index (κ2) is 6.80. The number of pyridine rings is 1. The number of carbonyl (C=O) groups is 2. The number of ether oxygens (including phenoxy) is 1. The molecular formula is C11H12ClN3O5. The maximum Gasteiger partial charge on any atom is 0.328 e. The molecule has 0 bridgehead atoms. The van der Waals surface area contributed by atoms with E-state index in [1.165, 1.54) is 13.1 Å². The van der Waals surface area contributed by atoms with Crippen molar-refractivity contribution in [3.8, 4) is 0 Å². The van der Waals surface area contributed by atoms with Crippen molar-refractivity contribution in [3.63, 3.8) is 0 Å². The average Bonchev–Trinajstić information content (AvgIpc) is 2.37. The standard InChI is InChI=1S/C11H12ClN3O5/c1-3-20-11(17)6(2)14-10(16)7-4-5-13-9(12)8(7)15(18)19/h4-6H,3H2,1-2H3,(H,14,16). The van der Waals surface area contributed by atoms with Crippen LogP contribution in [0.5, 0.6) is 0 Å². The lowest BCUT2D eigenvalue weighted by molar-refractivity contribution is -0.385. The van der Waals surface area contributed by atoms with Crippen LogP contribution in [0.4, 0.5) is 5.69 Å². The Morgan fingerprint density at radius 1 is 1.60 bits per heavy atom. The second-order valence-electron chi connectivity index (χ2n) is 3.70. The highest BCUT2D eigenvalue weighted by atomic mass is 35.5. The zero-order valence-electron chi connectivity index (χ0n) is 10.8. The highest BCUT2D eigenvalue weighted by molar-refractivity contribution is 6.32. The maximum absolute atomic E-state index is 11.9. The topological polar surface area (TPSA) is 111 Å². The fourth-order valence-corrected chi connectivity index (χ4v) is 1.61. The van der Waals surface area contributed by atoms with Crippen molar-refractivity contribution in [3.05, 3.63) is 33.1 Å². The molecule has 0 saturated carbocycles. The van der Waals surface area contributed by atoms with Crippen LogP contribution in [0.1, 0.15) is 24.2 Å². The summed E-state index contributed by atoms with van der Waals surface area (Å²) in [5.41, 5.74) is -0.881. The lowest BCUT2D eigenvalue weighted by Gasteiger charge is -2.12. The summed E-state index contributed by atoms with van der Waals surface area (Å²) in [5.74, 6) is -1.44. The van der Waals surface area contributed by atoms with E-state index in [1.807, 2.05) is 0 Å². The minimum atomic E-state index is -0.936. The number of halogens is 1. The third-order valence-corrected chi connectivity index (χ3v) is 2.57. The zero-order chi connectivity index (χ0) is 15.3. The Balaban J connectivity index is 2.96. The summed E-state index contributed by atoms with van der Waals surface area (Å²) in [6.07, 6.45) is 1.17. The summed E-state index contributed by atoms with van der Waals surface area (Å²) < 4.78 is 4.72. The average molecular weight is 302 g/mol. The molecule has 9 heteroatoms. The van der Waals surface area contributed by atoms with E-state index in [1.54, 1.807) is 6.92 Å². The Morgan fingerprint density at radius 2 is 2.25 bits per heavy atom. The van der Waals surface area contributed by atoms with Gasteiger partial charge in [0.2, 0.25) is 5.15 Å². The summed E-state index contributed by atoms with van der Waals surface area (Å²) in [7, 11) is 0. The second-order valence-corrected chi connectivity index (χ2v) is 4.06. The molecule has 0 radical (unpaired) electrons. The maximum atomic E-state index is 11.9. The third-order valence-electron chi connectivity index (χ3n) is 2.29. The number of hydrogen-bond donors (Lipinski definition) is 1. The van der Waals surface area contributed by atoms with Gasteiger partial charge in [-0.05, 0) is 19.9 Å². The van der Waals surface area contributed by atoms with Gasteiger partial charge >= 0.3 is 11.7 Å². The van der Waals surface area contributed by atoms with Gasteiger partial charge in [0.15, 0.2) is 0 Å². The van der Waals surface area contributed by atoms with Gasteiger partial charge in [-0.2, -0.15) is 0 Å². The molecule has 1 aromatic rings. The predicted molar refractivity (Wildman–Crippen MR) is 69.5 cm³/mol. The van der Waals surface area contributed by atoms with Crippen molar-refractivity contribution in [2.45, 2.75) is 19.9 Å². The summed E-state index contributed by atoms with van der Waals surface area (Å²) in [4.78, 5) is 36.9. The summed E-state index contributed by atoms with van der Waals surface area (Å²) in [6, 6.07) is 0.214. The lowest BCUT2D eigenvalue weighted by Crippen LogP contribution is -2.39. The van der Waals surface area contributed by atoms with Crippen LogP contribution in [-0.4, -0.2) is 34.4 Å². The SMILES string of the molecule is CCOC(=O)C(C)NC(=O)c1ccnc(Cl)c1[N+](=O)[O-].